The first kappa shape index (κ1) is 58.6. The molecule has 0 spiro atoms. The quantitative estimate of drug-likeness (QED) is 0.0328. The Morgan fingerprint density at radius 2 is 0.612 bits per heavy atom. The number of carbonyl (C=O) groups is 4. The van der Waals surface area contributed by atoms with E-state index in [4.69, 9.17) is 33.2 Å². The molecule has 390 valence electrons. The third kappa shape index (κ3) is 23.6. The molecular weight excluding hydrogens is 851 g/mol. The van der Waals surface area contributed by atoms with Gasteiger partial charge in [0.05, 0.1) is 26.4 Å². The van der Waals surface area contributed by atoms with Crippen molar-refractivity contribution in [3.8, 4) is 0 Å². The Morgan fingerprint density at radius 3 is 0.896 bits per heavy atom. The van der Waals surface area contributed by atoms with Crippen LogP contribution >= 0.6 is 0 Å². The van der Waals surface area contributed by atoms with Gasteiger partial charge in [0.25, 0.3) is 0 Å². The molecule has 0 radical (unpaired) electrons. The minimum absolute atomic E-state index is 0.109. The summed E-state index contributed by atoms with van der Waals surface area (Å²) in [5, 5.41) is 0. The van der Waals surface area contributed by atoms with Crippen molar-refractivity contribution in [1.82, 2.24) is 4.90 Å². The molecule has 0 amide bonds. The van der Waals surface area contributed by atoms with E-state index in [2.05, 4.69) is 39.5 Å². The highest BCUT2D eigenvalue weighted by atomic mass is 16.7. The summed E-state index contributed by atoms with van der Waals surface area (Å²) in [7, 11) is 0. The molecule has 0 aromatic carbocycles. The van der Waals surface area contributed by atoms with Crippen LogP contribution < -0.4 is 0 Å². The SMILES string of the molecule is CCCCCCCCCCOC(=O)OCC12CC3(COC(=O)CCCN(CC)CC)CC(COC(=O)OCCCCCCCCCC)(C1)CC(COC(=O)OCCCCCCCCCC)(C3)C2. The van der Waals surface area contributed by atoms with Crippen LogP contribution in [-0.4, -0.2) is 95.2 Å². The fourth-order valence-electron chi connectivity index (χ4n) is 12.4. The van der Waals surface area contributed by atoms with Crippen LogP contribution in [0.3, 0.4) is 0 Å². The molecule has 4 aliphatic rings. The zero-order valence-corrected chi connectivity index (χ0v) is 43.6. The van der Waals surface area contributed by atoms with Crippen molar-refractivity contribution in [2.24, 2.45) is 21.7 Å². The molecule has 0 N–H and O–H groups in total. The lowest BCUT2D eigenvalue weighted by atomic mass is 9.36. The van der Waals surface area contributed by atoms with E-state index < -0.39 is 40.1 Å². The zero-order chi connectivity index (χ0) is 48.5. The van der Waals surface area contributed by atoms with Crippen molar-refractivity contribution >= 4 is 24.4 Å². The molecule has 0 aliphatic heterocycles. The highest BCUT2D eigenvalue weighted by molar-refractivity contribution is 5.69. The van der Waals surface area contributed by atoms with Crippen LogP contribution in [-0.2, 0) is 38.0 Å². The lowest BCUT2D eigenvalue weighted by molar-refractivity contribution is -0.244. The third-order valence-corrected chi connectivity index (χ3v) is 14.9. The van der Waals surface area contributed by atoms with E-state index in [1.165, 1.54) is 96.3 Å². The molecule has 0 heterocycles. The summed E-state index contributed by atoms with van der Waals surface area (Å²) in [5.74, 6) is -0.234. The Bertz CT molecular complexity index is 1210. The first-order chi connectivity index (χ1) is 32.5. The van der Waals surface area contributed by atoms with Gasteiger partial charge in [0.2, 0.25) is 0 Å². The predicted octanol–water partition coefficient (Wildman–Crippen LogP) is 14.9. The summed E-state index contributed by atoms with van der Waals surface area (Å²) >= 11 is 0. The predicted molar refractivity (Wildman–Crippen MR) is 265 cm³/mol. The Morgan fingerprint density at radius 1 is 0.343 bits per heavy atom. The van der Waals surface area contributed by atoms with E-state index in [0.29, 0.717) is 71.2 Å². The van der Waals surface area contributed by atoms with Crippen LogP contribution in [0.5, 0.6) is 0 Å². The van der Waals surface area contributed by atoms with Gasteiger partial charge >= 0.3 is 24.4 Å². The van der Waals surface area contributed by atoms with Gasteiger partial charge in [0.15, 0.2) is 0 Å². The van der Waals surface area contributed by atoms with Crippen LogP contribution in [0.25, 0.3) is 0 Å². The number of ether oxygens (including phenoxy) is 7. The van der Waals surface area contributed by atoms with Gasteiger partial charge in [0, 0.05) is 28.1 Å². The lowest BCUT2D eigenvalue weighted by Crippen LogP contribution is -2.65. The Labute approximate surface area is 408 Å². The highest BCUT2D eigenvalue weighted by Gasteiger charge is 2.69. The van der Waals surface area contributed by atoms with Crippen molar-refractivity contribution < 1.29 is 52.3 Å². The van der Waals surface area contributed by atoms with Crippen molar-refractivity contribution in [3.05, 3.63) is 0 Å². The van der Waals surface area contributed by atoms with E-state index >= 15 is 0 Å². The van der Waals surface area contributed by atoms with Crippen molar-refractivity contribution in [2.75, 3.05) is 65.9 Å². The maximum Gasteiger partial charge on any atom is 0.508 e. The number of carbonyl (C=O) groups excluding carboxylic acids is 4. The second kappa shape index (κ2) is 33.7. The smallest absolute Gasteiger partial charge is 0.465 e. The van der Waals surface area contributed by atoms with Gasteiger partial charge in [-0.05, 0) is 83.8 Å². The topological polar surface area (TPSA) is 136 Å². The number of unbranched alkanes of at least 4 members (excludes halogenated alkanes) is 21. The number of esters is 1. The van der Waals surface area contributed by atoms with Crippen molar-refractivity contribution in [1.29, 1.82) is 0 Å². The molecule has 4 saturated carbocycles. The van der Waals surface area contributed by atoms with Gasteiger partial charge < -0.3 is 38.1 Å². The molecule has 0 atom stereocenters. The second-order valence-electron chi connectivity index (χ2n) is 21.4. The molecule has 67 heavy (non-hydrogen) atoms. The maximum absolute atomic E-state index is 13.4. The second-order valence-corrected chi connectivity index (χ2v) is 21.4. The van der Waals surface area contributed by atoms with Crippen LogP contribution in [0.1, 0.15) is 240 Å². The van der Waals surface area contributed by atoms with Gasteiger partial charge in [-0.1, -0.05) is 169 Å². The van der Waals surface area contributed by atoms with Gasteiger partial charge in [0.1, 0.15) is 19.8 Å². The number of hydrogen-bond acceptors (Lipinski definition) is 12. The fraction of sp³-hybridized carbons (Fsp3) is 0.927. The largest absolute Gasteiger partial charge is 0.508 e. The van der Waals surface area contributed by atoms with Gasteiger partial charge in [-0.25, -0.2) is 14.4 Å². The average Bonchev–Trinajstić information content (AvgIpc) is 3.31. The molecule has 12 nitrogen and oxygen atoms in total. The van der Waals surface area contributed by atoms with Gasteiger partial charge in [-0.15, -0.1) is 0 Å². The lowest BCUT2D eigenvalue weighted by Gasteiger charge is -2.69. The third-order valence-electron chi connectivity index (χ3n) is 14.9. The van der Waals surface area contributed by atoms with E-state index in [1.54, 1.807) is 0 Å². The highest BCUT2D eigenvalue weighted by Crippen LogP contribution is 2.74. The summed E-state index contributed by atoms with van der Waals surface area (Å²) in [5.41, 5.74) is -2.15. The first-order valence-electron chi connectivity index (χ1n) is 27.8. The summed E-state index contributed by atoms with van der Waals surface area (Å²) in [4.78, 5) is 55.2. The van der Waals surface area contributed by atoms with Crippen LogP contribution in [0, 0.1) is 21.7 Å². The zero-order valence-electron chi connectivity index (χ0n) is 43.6. The van der Waals surface area contributed by atoms with Crippen LogP contribution in [0.15, 0.2) is 0 Å². The van der Waals surface area contributed by atoms with Crippen LogP contribution in [0.4, 0.5) is 14.4 Å². The van der Waals surface area contributed by atoms with E-state index in [-0.39, 0.29) is 32.4 Å². The molecule has 0 aromatic heterocycles. The molecule has 4 bridgehead atoms. The molecule has 4 rings (SSSR count). The Balaban J connectivity index is 1.72. The van der Waals surface area contributed by atoms with E-state index in [1.807, 2.05) is 0 Å². The molecule has 4 aliphatic carbocycles. The van der Waals surface area contributed by atoms with Gasteiger partial charge in [-0.3, -0.25) is 4.79 Å². The Hall–Kier alpha value is -2.76. The van der Waals surface area contributed by atoms with Crippen molar-refractivity contribution in [3.63, 3.8) is 0 Å². The normalized spacial score (nSPS) is 22.7. The number of hydrogen-bond donors (Lipinski definition) is 0. The first-order valence-corrected chi connectivity index (χ1v) is 27.8. The van der Waals surface area contributed by atoms with Gasteiger partial charge in [-0.2, -0.15) is 0 Å². The summed E-state index contributed by atoms with van der Waals surface area (Å²) < 4.78 is 40.9. The minimum atomic E-state index is -0.683. The standard InChI is InChI=1S/C55H99NO11/c1-6-11-14-17-20-23-26-29-35-61-49(58)65-45-53-38-52(44-64-48(57)33-32-34-56(9-4)10-5)39-54(41-53,46-66-50(59)62-36-30-27-24-21-18-15-12-7-2)43-55(40-52,42-53)47-67-51(60)63-37-31-28-25-22-19-16-13-8-3/h6-47H2,1-5H3. The molecule has 0 unspecified atom stereocenters. The summed E-state index contributed by atoms with van der Waals surface area (Å²) in [6.45, 7) is 15.1. The molecule has 0 saturated heterocycles. The van der Waals surface area contributed by atoms with E-state index in [0.717, 1.165) is 77.4 Å². The van der Waals surface area contributed by atoms with Crippen molar-refractivity contribution in [2.45, 2.75) is 240 Å². The van der Waals surface area contributed by atoms with E-state index in [9.17, 15) is 19.2 Å². The molecule has 12 heteroatoms. The number of rotatable bonds is 41. The minimum Gasteiger partial charge on any atom is -0.465 e. The number of nitrogens with zero attached hydrogens (tertiary/aromatic N) is 1. The Kier molecular flexibility index (Phi) is 29.5. The monoisotopic (exact) mass is 950 g/mol. The average molecular weight is 950 g/mol. The molecular formula is C55H99NO11. The summed E-state index contributed by atoms with van der Waals surface area (Å²) in [6, 6.07) is 0. The summed E-state index contributed by atoms with van der Waals surface area (Å²) in [6.07, 6.45) is 30.4. The van der Waals surface area contributed by atoms with Crippen LogP contribution in [0.2, 0.25) is 0 Å². The maximum atomic E-state index is 13.4. The molecule has 4 fully saturated rings. The fourth-order valence-corrected chi connectivity index (χ4v) is 12.4. The molecule has 0 aromatic rings.